The van der Waals surface area contributed by atoms with Crippen LogP contribution in [0.15, 0.2) is 18.2 Å². The third-order valence-corrected chi connectivity index (χ3v) is 5.69. The van der Waals surface area contributed by atoms with Crippen molar-refractivity contribution < 1.29 is 27.8 Å². The molecule has 1 amide bonds. The molecule has 2 fully saturated rings. The van der Waals surface area contributed by atoms with Crippen molar-refractivity contribution in [3.8, 4) is 0 Å². The molecular formula is C21H28F3NO3. The van der Waals surface area contributed by atoms with Crippen LogP contribution in [0, 0.1) is 6.92 Å². The number of halogens is 3. The second kappa shape index (κ2) is 6.94. The average Bonchev–Trinajstić information content (AvgIpc) is 2.51. The van der Waals surface area contributed by atoms with E-state index < -0.39 is 29.0 Å². The topological polar surface area (TPSA) is 49.8 Å². The van der Waals surface area contributed by atoms with Gasteiger partial charge in [0.05, 0.1) is 11.2 Å². The van der Waals surface area contributed by atoms with Crippen LogP contribution in [0.1, 0.15) is 69.6 Å². The first-order valence-electron chi connectivity index (χ1n) is 9.72. The van der Waals surface area contributed by atoms with Crippen molar-refractivity contribution in [1.29, 1.82) is 0 Å². The monoisotopic (exact) mass is 399 g/mol. The smallest absolute Gasteiger partial charge is 0.416 e. The molecule has 2 bridgehead atoms. The molecule has 2 aliphatic rings. The van der Waals surface area contributed by atoms with Gasteiger partial charge >= 0.3 is 12.3 Å². The molecule has 0 saturated carbocycles. The maximum atomic E-state index is 13.3. The summed E-state index contributed by atoms with van der Waals surface area (Å²) in [5.74, 6) is 0. The van der Waals surface area contributed by atoms with E-state index in [1.54, 1.807) is 31.7 Å². The van der Waals surface area contributed by atoms with Gasteiger partial charge in [0.1, 0.15) is 5.60 Å². The van der Waals surface area contributed by atoms with E-state index in [2.05, 4.69) is 0 Å². The summed E-state index contributed by atoms with van der Waals surface area (Å²) in [5.41, 5.74) is -2.34. The van der Waals surface area contributed by atoms with Crippen LogP contribution < -0.4 is 0 Å². The van der Waals surface area contributed by atoms with E-state index in [-0.39, 0.29) is 36.1 Å². The first kappa shape index (κ1) is 21.0. The summed E-state index contributed by atoms with van der Waals surface area (Å²) in [6.45, 7) is 6.81. The lowest BCUT2D eigenvalue weighted by Gasteiger charge is -2.52. The van der Waals surface area contributed by atoms with Gasteiger partial charge in [-0.15, -0.1) is 0 Å². The fourth-order valence-electron chi connectivity index (χ4n) is 4.49. The van der Waals surface area contributed by atoms with E-state index in [1.165, 1.54) is 13.0 Å². The summed E-state index contributed by atoms with van der Waals surface area (Å²) in [6, 6.07) is 3.55. The molecule has 1 aromatic carbocycles. The van der Waals surface area contributed by atoms with Crippen molar-refractivity contribution >= 4 is 6.09 Å². The number of fused-ring (bicyclic) bond motifs is 2. The lowest BCUT2D eigenvalue weighted by molar-refractivity contribution is -0.138. The molecular weight excluding hydrogens is 371 g/mol. The van der Waals surface area contributed by atoms with Gasteiger partial charge in [-0.05, 0) is 64.2 Å². The van der Waals surface area contributed by atoms with Crippen molar-refractivity contribution in [2.75, 3.05) is 0 Å². The van der Waals surface area contributed by atoms with Crippen molar-refractivity contribution in [3.05, 3.63) is 34.9 Å². The summed E-state index contributed by atoms with van der Waals surface area (Å²) >= 11 is 0. The minimum Gasteiger partial charge on any atom is -0.444 e. The van der Waals surface area contributed by atoms with Gasteiger partial charge in [-0.3, -0.25) is 0 Å². The number of carbonyl (C=O) groups is 1. The number of carbonyl (C=O) groups excluding carboxylic acids is 1. The number of hydrogen-bond donors (Lipinski definition) is 1. The zero-order chi connectivity index (χ0) is 20.9. The Morgan fingerprint density at radius 3 is 2.25 bits per heavy atom. The van der Waals surface area contributed by atoms with E-state index >= 15 is 0 Å². The molecule has 28 heavy (non-hydrogen) atoms. The highest BCUT2D eigenvalue weighted by Gasteiger charge is 2.49. The van der Waals surface area contributed by atoms with Crippen LogP contribution in [-0.2, 0) is 16.5 Å². The Hall–Kier alpha value is -1.76. The van der Waals surface area contributed by atoms with E-state index in [0.29, 0.717) is 12.8 Å². The molecule has 2 saturated heterocycles. The number of hydrogen-bond acceptors (Lipinski definition) is 3. The van der Waals surface area contributed by atoms with Crippen molar-refractivity contribution in [3.63, 3.8) is 0 Å². The van der Waals surface area contributed by atoms with Crippen molar-refractivity contribution in [2.24, 2.45) is 0 Å². The van der Waals surface area contributed by atoms with Crippen molar-refractivity contribution in [1.82, 2.24) is 4.90 Å². The second-order valence-corrected chi connectivity index (χ2v) is 9.09. The summed E-state index contributed by atoms with van der Waals surface area (Å²) in [5, 5.41) is 11.3. The number of aliphatic hydroxyl groups is 1. The Balaban J connectivity index is 1.90. The van der Waals surface area contributed by atoms with Gasteiger partial charge in [-0.1, -0.05) is 12.1 Å². The standard InChI is InChI=1S/C21H28F3NO3/c1-13-8-9-14(10-17(13)21(22,23)24)20(27)11-15-6-5-7-16(12-20)25(15)18(26)28-19(2,3)4/h8-10,15-16,27H,5-7,11-12H2,1-4H3. The first-order chi connectivity index (χ1) is 12.8. The Morgan fingerprint density at radius 2 is 1.75 bits per heavy atom. The van der Waals surface area contributed by atoms with E-state index in [0.717, 1.165) is 12.5 Å². The van der Waals surface area contributed by atoms with Gasteiger partial charge in [-0.25, -0.2) is 4.79 Å². The summed E-state index contributed by atoms with van der Waals surface area (Å²) in [6.07, 6.45) is -2.13. The van der Waals surface area contributed by atoms with E-state index in [9.17, 15) is 23.1 Å². The number of aryl methyl sites for hydroxylation is 1. The lowest BCUT2D eigenvalue weighted by atomic mass is 9.72. The number of alkyl halides is 3. The fraction of sp³-hybridized carbons (Fsp3) is 0.667. The number of amides is 1. The minimum atomic E-state index is -4.47. The Kier molecular flexibility index (Phi) is 5.19. The van der Waals surface area contributed by atoms with Gasteiger partial charge in [-0.2, -0.15) is 13.2 Å². The summed E-state index contributed by atoms with van der Waals surface area (Å²) in [4.78, 5) is 14.4. The van der Waals surface area contributed by atoms with Crippen LogP contribution in [0.25, 0.3) is 0 Å². The van der Waals surface area contributed by atoms with Crippen molar-refractivity contribution in [2.45, 2.75) is 89.3 Å². The molecule has 0 aromatic heterocycles. The van der Waals surface area contributed by atoms with Crippen LogP contribution in [-0.4, -0.2) is 33.8 Å². The number of rotatable bonds is 1. The third kappa shape index (κ3) is 4.14. The van der Waals surface area contributed by atoms with Crippen LogP contribution in [0.4, 0.5) is 18.0 Å². The predicted molar refractivity (Wildman–Crippen MR) is 98.8 cm³/mol. The molecule has 1 aromatic rings. The number of ether oxygens (including phenoxy) is 1. The largest absolute Gasteiger partial charge is 0.444 e. The maximum Gasteiger partial charge on any atom is 0.416 e. The predicted octanol–water partition coefficient (Wildman–Crippen LogP) is 5.15. The highest BCUT2D eigenvalue weighted by molar-refractivity contribution is 5.69. The van der Waals surface area contributed by atoms with Crippen LogP contribution in [0.3, 0.4) is 0 Å². The minimum absolute atomic E-state index is 0.131. The average molecular weight is 399 g/mol. The lowest BCUT2D eigenvalue weighted by Crippen LogP contribution is -2.59. The Labute approximate surface area is 163 Å². The molecule has 2 aliphatic heterocycles. The van der Waals surface area contributed by atoms with Gasteiger partial charge in [0, 0.05) is 24.9 Å². The zero-order valence-corrected chi connectivity index (χ0v) is 16.8. The van der Waals surface area contributed by atoms with Gasteiger partial charge in [0.2, 0.25) is 0 Å². The quantitative estimate of drug-likeness (QED) is 0.710. The Bertz CT molecular complexity index is 740. The molecule has 7 heteroatoms. The number of benzene rings is 1. The maximum absolute atomic E-state index is 13.3. The molecule has 2 unspecified atom stereocenters. The normalized spacial score (nSPS) is 28.2. The molecule has 2 heterocycles. The SMILES string of the molecule is Cc1ccc(C2(O)CC3CCCC(C2)N3C(=O)OC(C)(C)C)cc1C(F)(F)F. The van der Waals surface area contributed by atoms with Crippen LogP contribution in [0.2, 0.25) is 0 Å². The molecule has 156 valence electrons. The fourth-order valence-corrected chi connectivity index (χ4v) is 4.49. The van der Waals surface area contributed by atoms with Gasteiger partial charge in [0.15, 0.2) is 0 Å². The molecule has 3 rings (SSSR count). The summed E-state index contributed by atoms with van der Waals surface area (Å²) < 4.78 is 45.5. The highest BCUT2D eigenvalue weighted by atomic mass is 19.4. The number of nitrogens with zero attached hydrogens (tertiary/aromatic N) is 1. The molecule has 0 spiro atoms. The second-order valence-electron chi connectivity index (χ2n) is 9.09. The summed E-state index contributed by atoms with van der Waals surface area (Å²) in [7, 11) is 0. The number of piperidine rings is 2. The highest BCUT2D eigenvalue weighted by Crippen LogP contribution is 2.46. The van der Waals surface area contributed by atoms with Gasteiger partial charge < -0.3 is 14.7 Å². The van der Waals surface area contributed by atoms with E-state index in [4.69, 9.17) is 4.74 Å². The molecule has 4 nitrogen and oxygen atoms in total. The van der Waals surface area contributed by atoms with Gasteiger partial charge in [0.25, 0.3) is 0 Å². The molecule has 2 atom stereocenters. The first-order valence-corrected chi connectivity index (χ1v) is 9.72. The molecule has 1 N–H and O–H groups in total. The van der Waals surface area contributed by atoms with E-state index in [1.807, 2.05) is 0 Å². The Morgan fingerprint density at radius 1 is 1.18 bits per heavy atom. The zero-order valence-electron chi connectivity index (χ0n) is 16.8. The van der Waals surface area contributed by atoms with Crippen LogP contribution in [0.5, 0.6) is 0 Å². The van der Waals surface area contributed by atoms with Crippen LogP contribution >= 0.6 is 0 Å². The molecule has 0 radical (unpaired) electrons. The molecule has 0 aliphatic carbocycles. The third-order valence-electron chi connectivity index (χ3n) is 5.69.